The van der Waals surface area contributed by atoms with Crippen LogP contribution in [0.4, 0.5) is 5.82 Å². The molecule has 8 heteroatoms. The average Bonchev–Trinajstić information content (AvgIpc) is 3.15. The largest absolute Gasteiger partial charge is 0.384 e. The fraction of sp³-hybridized carbons (Fsp3) is 0.500. The number of amides is 1. The van der Waals surface area contributed by atoms with Crippen molar-refractivity contribution < 1.29 is 14.3 Å². The molecular weight excluding hydrogens is 358 g/mol. The molecule has 1 aliphatic heterocycles. The summed E-state index contributed by atoms with van der Waals surface area (Å²) in [6.45, 7) is 8.81. The molecule has 1 aliphatic rings. The van der Waals surface area contributed by atoms with Gasteiger partial charge in [0.1, 0.15) is 11.3 Å². The number of H-pyrrole nitrogens is 1. The molecule has 8 nitrogen and oxygen atoms in total. The van der Waals surface area contributed by atoms with Crippen LogP contribution < -0.4 is 4.90 Å². The van der Waals surface area contributed by atoms with Gasteiger partial charge in [-0.25, -0.2) is 9.97 Å². The molecule has 1 fully saturated rings. The van der Waals surface area contributed by atoms with E-state index >= 15 is 0 Å². The van der Waals surface area contributed by atoms with Crippen molar-refractivity contribution in [3.05, 3.63) is 30.6 Å². The van der Waals surface area contributed by atoms with Crippen LogP contribution in [-0.2, 0) is 9.53 Å². The SMILES string of the molecule is C=CC(=O)N1CCN(c2cnc3[nH]cc(C(=O)CC[C@@H](C)COC)c3n2)CC1. The highest BCUT2D eigenvalue weighted by atomic mass is 16.5. The molecule has 3 heterocycles. The van der Waals surface area contributed by atoms with Gasteiger partial charge >= 0.3 is 0 Å². The second kappa shape index (κ2) is 8.97. The predicted octanol–water partition coefficient (Wildman–Crippen LogP) is 2.04. The molecule has 0 bridgehead atoms. The second-order valence-corrected chi connectivity index (χ2v) is 7.17. The van der Waals surface area contributed by atoms with Crippen molar-refractivity contribution in [2.45, 2.75) is 19.8 Å². The van der Waals surface area contributed by atoms with Crippen molar-refractivity contribution in [1.82, 2.24) is 19.9 Å². The van der Waals surface area contributed by atoms with Gasteiger partial charge in [-0.05, 0) is 18.4 Å². The second-order valence-electron chi connectivity index (χ2n) is 7.17. The number of methoxy groups -OCH3 is 1. The van der Waals surface area contributed by atoms with Crippen LogP contribution in [-0.4, -0.2) is 71.4 Å². The number of nitrogens with zero attached hydrogens (tertiary/aromatic N) is 4. The minimum Gasteiger partial charge on any atom is -0.384 e. The number of carbonyl (C=O) groups is 2. The van der Waals surface area contributed by atoms with Crippen molar-refractivity contribution in [2.75, 3.05) is 44.8 Å². The van der Waals surface area contributed by atoms with E-state index in [0.717, 1.165) is 12.2 Å². The van der Waals surface area contributed by atoms with Crippen LogP contribution in [0.2, 0.25) is 0 Å². The summed E-state index contributed by atoms with van der Waals surface area (Å²) in [4.78, 5) is 40.4. The number of rotatable bonds is 8. The lowest BCUT2D eigenvalue weighted by molar-refractivity contribution is -0.126. The minimum atomic E-state index is -0.0533. The normalized spacial score (nSPS) is 15.6. The monoisotopic (exact) mass is 385 g/mol. The predicted molar refractivity (Wildman–Crippen MR) is 107 cm³/mol. The maximum absolute atomic E-state index is 12.7. The molecule has 28 heavy (non-hydrogen) atoms. The third-order valence-corrected chi connectivity index (χ3v) is 5.07. The maximum atomic E-state index is 12.7. The first-order valence-corrected chi connectivity index (χ1v) is 9.56. The van der Waals surface area contributed by atoms with Gasteiger partial charge in [0.25, 0.3) is 0 Å². The summed E-state index contributed by atoms with van der Waals surface area (Å²) in [5.74, 6) is 1.06. The molecule has 0 spiro atoms. The van der Waals surface area contributed by atoms with E-state index in [0.29, 0.717) is 61.9 Å². The van der Waals surface area contributed by atoms with E-state index in [1.165, 1.54) is 6.08 Å². The number of aromatic amines is 1. The van der Waals surface area contributed by atoms with Crippen LogP contribution in [0.5, 0.6) is 0 Å². The molecule has 0 aliphatic carbocycles. The number of hydrogen-bond donors (Lipinski definition) is 1. The van der Waals surface area contributed by atoms with E-state index in [-0.39, 0.29) is 11.7 Å². The fourth-order valence-corrected chi connectivity index (χ4v) is 3.41. The molecular formula is C20H27N5O3. The van der Waals surface area contributed by atoms with Crippen LogP contribution in [0.15, 0.2) is 25.0 Å². The highest BCUT2D eigenvalue weighted by molar-refractivity contribution is 6.05. The minimum absolute atomic E-state index is 0.0533. The number of ketones is 1. The lowest BCUT2D eigenvalue weighted by Gasteiger charge is -2.34. The zero-order valence-corrected chi connectivity index (χ0v) is 16.5. The van der Waals surface area contributed by atoms with Gasteiger partial charge in [-0.2, -0.15) is 0 Å². The molecule has 1 atom stereocenters. The van der Waals surface area contributed by atoms with Gasteiger partial charge < -0.3 is 19.5 Å². The third kappa shape index (κ3) is 4.39. The Morgan fingerprint density at radius 3 is 2.79 bits per heavy atom. The van der Waals surface area contributed by atoms with Crippen molar-refractivity contribution in [3.63, 3.8) is 0 Å². The Labute approximate surface area is 164 Å². The number of ether oxygens (including phenoxy) is 1. The zero-order chi connectivity index (χ0) is 20.1. The molecule has 150 valence electrons. The van der Waals surface area contributed by atoms with Crippen molar-refractivity contribution >= 4 is 28.7 Å². The lowest BCUT2D eigenvalue weighted by Crippen LogP contribution is -2.48. The molecule has 2 aromatic rings. The first-order valence-electron chi connectivity index (χ1n) is 9.56. The van der Waals surface area contributed by atoms with Crippen molar-refractivity contribution in [3.8, 4) is 0 Å². The van der Waals surface area contributed by atoms with E-state index in [1.54, 1.807) is 24.4 Å². The van der Waals surface area contributed by atoms with Gasteiger partial charge in [0.05, 0.1) is 11.8 Å². The smallest absolute Gasteiger partial charge is 0.246 e. The Morgan fingerprint density at radius 1 is 1.36 bits per heavy atom. The number of Topliss-reactive ketones (excluding diaryl/α,β-unsaturated/α-hetero) is 1. The zero-order valence-electron chi connectivity index (χ0n) is 16.5. The van der Waals surface area contributed by atoms with Crippen LogP contribution in [0, 0.1) is 5.92 Å². The van der Waals surface area contributed by atoms with Crippen molar-refractivity contribution in [1.29, 1.82) is 0 Å². The lowest BCUT2D eigenvalue weighted by atomic mass is 10.0. The van der Waals surface area contributed by atoms with Crippen LogP contribution in [0.3, 0.4) is 0 Å². The fourth-order valence-electron chi connectivity index (χ4n) is 3.41. The number of carbonyl (C=O) groups excluding carboxylic acids is 2. The Hall–Kier alpha value is -2.74. The Balaban J connectivity index is 1.71. The van der Waals surface area contributed by atoms with Gasteiger partial charge in [0.15, 0.2) is 11.4 Å². The quantitative estimate of drug-likeness (QED) is 0.552. The van der Waals surface area contributed by atoms with E-state index in [1.807, 2.05) is 0 Å². The molecule has 2 aromatic heterocycles. The summed E-state index contributed by atoms with van der Waals surface area (Å²) < 4.78 is 5.13. The highest BCUT2D eigenvalue weighted by Crippen LogP contribution is 2.22. The average molecular weight is 385 g/mol. The Kier molecular flexibility index (Phi) is 6.41. The molecule has 3 rings (SSSR count). The molecule has 0 aromatic carbocycles. The number of anilines is 1. The van der Waals surface area contributed by atoms with Gasteiger partial charge in [-0.1, -0.05) is 13.5 Å². The molecule has 1 N–H and O–H groups in total. The van der Waals surface area contributed by atoms with E-state index in [2.05, 4.69) is 28.4 Å². The first kappa shape index (κ1) is 20.0. The number of piperazine rings is 1. The summed E-state index contributed by atoms with van der Waals surface area (Å²) in [5.41, 5.74) is 1.79. The third-order valence-electron chi connectivity index (χ3n) is 5.07. The van der Waals surface area contributed by atoms with Gasteiger partial charge in [0.2, 0.25) is 5.91 Å². The van der Waals surface area contributed by atoms with Gasteiger partial charge in [0, 0.05) is 52.5 Å². The van der Waals surface area contributed by atoms with Gasteiger partial charge in [-0.3, -0.25) is 9.59 Å². The number of fused-ring (bicyclic) bond motifs is 1. The van der Waals surface area contributed by atoms with Crippen LogP contribution >= 0.6 is 0 Å². The summed E-state index contributed by atoms with van der Waals surface area (Å²) in [6, 6.07) is 0. The summed E-state index contributed by atoms with van der Waals surface area (Å²) in [6.07, 6.45) is 5.96. The molecule has 1 saturated heterocycles. The van der Waals surface area contributed by atoms with Crippen molar-refractivity contribution in [2.24, 2.45) is 5.92 Å². The maximum Gasteiger partial charge on any atom is 0.246 e. The summed E-state index contributed by atoms with van der Waals surface area (Å²) >= 11 is 0. The summed E-state index contributed by atoms with van der Waals surface area (Å²) in [7, 11) is 1.67. The highest BCUT2D eigenvalue weighted by Gasteiger charge is 2.22. The number of aromatic nitrogens is 3. The molecule has 0 unspecified atom stereocenters. The Bertz CT molecular complexity index is 855. The standard InChI is InChI=1S/C20H27N5O3/c1-4-18(27)25-9-7-24(8-10-25)17-12-22-20-19(23-17)15(11-21-20)16(26)6-5-14(2)13-28-3/h4,11-12,14H,1,5-10,13H2,2-3H3,(H,21,22)/t14-/m1/s1. The Morgan fingerprint density at radius 2 is 2.11 bits per heavy atom. The van der Waals surface area contributed by atoms with E-state index < -0.39 is 0 Å². The van der Waals surface area contributed by atoms with Gasteiger partial charge in [-0.15, -0.1) is 0 Å². The number of nitrogens with one attached hydrogen (secondary N) is 1. The van der Waals surface area contributed by atoms with E-state index in [4.69, 9.17) is 9.72 Å². The molecule has 1 amide bonds. The molecule has 0 radical (unpaired) electrons. The summed E-state index contributed by atoms with van der Waals surface area (Å²) in [5, 5.41) is 0. The van der Waals surface area contributed by atoms with E-state index in [9.17, 15) is 9.59 Å². The first-order chi connectivity index (χ1) is 13.5. The van der Waals surface area contributed by atoms with Crippen LogP contribution in [0.1, 0.15) is 30.1 Å². The molecule has 0 saturated carbocycles. The van der Waals surface area contributed by atoms with Crippen LogP contribution in [0.25, 0.3) is 11.2 Å². The topological polar surface area (TPSA) is 91.4 Å². The number of hydrogen-bond acceptors (Lipinski definition) is 6.